The summed E-state index contributed by atoms with van der Waals surface area (Å²) in [5.41, 5.74) is -0.209. The van der Waals surface area contributed by atoms with Crippen molar-refractivity contribution in [1.29, 1.82) is 0 Å². The molecule has 0 saturated carbocycles. The van der Waals surface area contributed by atoms with Gasteiger partial charge in [-0.3, -0.25) is 4.79 Å². The van der Waals surface area contributed by atoms with Gasteiger partial charge in [-0.2, -0.15) is 0 Å². The van der Waals surface area contributed by atoms with Crippen molar-refractivity contribution in [3.63, 3.8) is 0 Å². The van der Waals surface area contributed by atoms with Crippen LogP contribution in [0.4, 0.5) is 5.69 Å². The van der Waals surface area contributed by atoms with Gasteiger partial charge in [-0.15, -0.1) is 0 Å². The van der Waals surface area contributed by atoms with E-state index in [4.69, 9.17) is 13.9 Å². The Morgan fingerprint density at radius 3 is 2.63 bits per heavy atom. The third kappa shape index (κ3) is 6.07. The predicted molar refractivity (Wildman–Crippen MR) is 112 cm³/mol. The van der Waals surface area contributed by atoms with Gasteiger partial charge in [0.2, 0.25) is 5.09 Å². The number of amides is 1. The van der Waals surface area contributed by atoms with Gasteiger partial charge < -0.3 is 19.2 Å². The number of rotatable bonds is 7. The number of sulfonamides is 1. The van der Waals surface area contributed by atoms with Crippen molar-refractivity contribution in [2.45, 2.75) is 56.8 Å². The molecule has 1 fully saturated rings. The van der Waals surface area contributed by atoms with E-state index in [1.165, 1.54) is 12.1 Å². The lowest BCUT2D eigenvalue weighted by atomic mass is 10.1. The first-order chi connectivity index (χ1) is 14.1. The highest BCUT2D eigenvalue weighted by Gasteiger charge is 2.26. The first kappa shape index (κ1) is 22.3. The Kier molecular flexibility index (Phi) is 6.84. The Bertz CT molecular complexity index is 971. The maximum atomic E-state index is 12.6. The van der Waals surface area contributed by atoms with Gasteiger partial charge in [-0.1, -0.05) is 12.1 Å². The van der Waals surface area contributed by atoms with Crippen LogP contribution in [-0.4, -0.2) is 39.2 Å². The van der Waals surface area contributed by atoms with Gasteiger partial charge in [0, 0.05) is 12.1 Å². The molecule has 2 aromatic rings. The van der Waals surface area contributed by atoms with Crippen LogP contribution in [0.15, 0.2) is 45.9 Å². The topological polar surface area (TPSA) is 107 Å². The number of benzene rings is 1. The van der Waals surface area contributed by atoms with Crippen LogP contribution in [-0.2, 0) is 14.8 Å². The molecule has 9 heteroatoms. The molecule has 1 aromatic heterocycles. The molecule has 30 heavy (non-hydrogen) atoms. The van der Waals surface area contributed by atoms with E-state index >= 15 is 0 Å². The molecule has 1 unspecified atom stereocenters. The molecule has 164 valence electrons. The summed E-state index contributed by atoms with van der Waals surface area (Å²) in [4.78, 5) is 12.6. The zero-order chi connectivity index (χ0) is 21.8. The summed E-state index contributed by atoms with van der Waals surface area (Å²) in [7, 11) is -3.87. The van der Waals surface area contributed by atoms with Gasteiger partial charge in [0.15, 0.2) is 5.76 Å². The van der Waals surface area contributed by atoms with E-state index in [1.807, 2.05) is 6.07 Å². The molecule has 1 saturated heterocycles. The molecule has 1 atom stereocenters. The van der Waals surface area contributed by atoms with E-state index in [1.54, 1.807) is 39.0 Å². The van der Waals surface area contributed by atoms with Crippen LogP contribution in [0.25, 0.3) is 0 Å². The van der Waals surface area contributed by atoms with Crippen LogP contribution >= 0.6 is 0 Å². The number of hydrogen-bond acceptors (Lipinski definition) is 6. The minimum Gasteiger partial charge on any atom is -0.489 e. The normalized spacial score (nSPS) is 17.5. The molecule has 8 nitrogen and oxygen atoms in total. The maximum absolute atomic E-state index is 12.6. The van der Waals surface area contributed by atoms with Gasteiger partial charge in [0.25, 0.3) is 15.9 Å². The van der Waals surface area contributed by atoms with Crippen LogP contribution in [0.2, 0.25) is 0 Å². The highest BCUT2D eigenvalue weighted by molar-refractivity contribution is 7.89. The molecule has 0 radical (unpaired) electrons. The molecule has 0 bridgehead atoms. The van der Waals surface area contributed by atoms with Crippen molar-refractivity contribution in [1.82, 2.24) is 4.72 Å². The fourth-order valence-corrected chi connectivity index (χ4v) is 4.39. The second-order valence-electron chi connectivity index (χ2n) is 8.22. The average molecular weight is 437 g/mol. The molecule has 0 aliphatic carbocycles. The molecule has 1 aliphatic heterocycles. The lowest BCUT2D eigenvalue weighted by molar-refractivity contribution is -0.0109. The zero-order valence-corrected chi connectivity index (χ0v) is 18.3. The van der Waals surface area contributed by atoms with Crippen LogP contribution in [0.1, 0.15) is 50.6 Å². The van der Waals surface area contributed by atoms with Gasteiger partial charge in [0.05, 0.1) is 11.8 Å². The highest BCUT2D eigenvalue weighted by atomic mass is 32.2. The number of anilines is 1. The van der Waals surface area contributed by atoms with E-state index in [0.717, 1.165) is 25.9 Å². The first-order valence-corrected chi connectivity index (χ1v) is 11.4. The number of furan rings is 1. The monoisotopic (exact) mass is 436 g/mol. The van der Waals surface area contributed by atoms with E-state index < -0.39 is 21.5 Å². The van der Waals surface area contributed by atoms with Crippen molar-refractivity contribution in [2.75, 3.05) is 18.5 Å². The van der Waals surface area contributed by atoms with E-state index in [-0.39, 0.29) is 17.0 Å². The van der Waals surface area contributed by atoms with Crippen LogP contribution in [0.5, 0.6) is 5.75 Å². The van der Waals surface area contributed by atoms with Crippen molar-refractivity contribution in [2.24, 2.45) is 0 Å². The number of ether oxygens (including phenoxy) is 2. The summed E-state index contributed by atoms with van der Waals surface area (Å²) < 4.78 is 44.0. The Morgan fingerprint density at radius 2 is 1.93 bits per heavy atom. The first-order valence-electron chi connectivity index (χ1n) is 9.93. The standard InChI is InChI=1S/C21H28N2O6S/c1-21(2,3)23-30(25,26)19-12-11-18(29-19)20(24)22-16-9-4-5-10-17(16)28-14-15-8-6-7-13-27-15/h4-5,9-12,15,23H,6-8,13-14H2,1-3H3,(H,22,24). The van der Waals surface area contributed by atoms with E-state index in [0.29, 0.717) is 18.0 Å². The van der Waals surface area contributed by atoms with Crippen LogP contribution in [0, 0.1) is 0 Å². The fraction of sp³-hybridized carbons (Fsp3) is 0.476. The Hall–Kier alpha value is -2.36. The van der Waals surface area contributed by atoms with Gasteiger partial charge in [-0.25, -0.2) is 13.1 Å². The van der Waals surface area contributed by atoms with Gasteiger partial charge in [-0.05, 0) is 64.3 Å². The fourth-order valence-electron chi connectivity index (χ4n) is 3.04. The molecule has 1 aromatic carbocycles. The van der Waals surface area contributed by atoms with Crippen molar-refractivity contribution >= 4 is 21.6 Å². The second kappa shape index (κ2) is 9.20. The molecule has 3 rings (SSSR count). The average Bonchev–Trinajstić information content (AvgIpc) is 3.18. The third-order valence-corrected chi connectivity index (χ3v) is 5.97. The maximum Gasteiger partial charge on any atom is 0.291 e. The second-order valence-corrected chi connectivity index (χ2v) is 9.84. The SMILES string of the molecule is CC(C)(C)NS(=O)(=O)c1ccc(C(=O)Nc2ccccc2OCC2CCCCO2)o1. The smallest absolute Gasteiger partial charge is 0.291 e. The summed E-state index contributed by atoms with van der Waals surface area (Å²) in [5.74, 6) is -0.180. The Morgan fingerprint density at radius 1 is 1.17 bits per heavy atom. The summed E-state index contributed by atoms with van der Waals surface area (Å²) in [6.07, 6.45) is 3.16. The van der Waals surface area contributed by atoms with Crippen LogP contribution < -0.4 is 14.8 Å². The molecule has 0 spiro atoms. The summed E-state index contributed by atoms with van der Waals surface area (Å²) in [6, 6.07) is 9.62. The molecular weight excluding hydrogens is 408 g/mol. The lowest BCUT2D eigenvalue weighted by Gasteiger charge is -2.23. The molecule has 2 heterocycles. The zero-order valence-electron chi connectivity index (χ0n) is 17.4. The Labute approximate surface area is 177 Å². The molecule has 2 N–H and O–H groups in total. The quantitative estimate of drug-likeness (QED) is 0.687. The number of carbonyl (C=O) groups is 1. The van der Waals surface area contributed by atoms with Crippen molar-refractivity contribution in [3.05, 3.63) is 42.2 Å². The lowest BCUT2D eigenvalue weighted by Crippen LogP contribution is -2.40. The number of hydrogen-bond donors (Lipinski definition) is 2. The number of nitrogens with one attached hydrogen (secondary N) is 2. The minimum atomic E-state index is -3.87. The highest BCUT2D eigenvalue weighted by Crippen LogP contribution is 2.26. The van der Waals surface area contributed by atoms with E-state index in [9.17, 15) is 13.2 Å². The van der Waals surface area contributed by atoms with Gasteiger partial charge in [0.1, 0.15) is 12.4 Å². The van der Waals surface area contributed by atoms with Crippen molar-refractivity contribution in [3.8, 4) is 5.75 Å². The largest absolute Gasteiger partial charge is 0.489 e. The van der Waals surface area contributed by atoms with Crippen molar-refractivity contribution < 1.29 is 27.1 Å². The van der Waals surface area contributed by atoms with Gasteiger partial charge >= 0.3 is 0 Å². The number of carbonyl (C=O) groups excluding carboxylic acids is 1. The summed E-state index contributed by atoms with van der Waals surface area (Å²) in [6.45, 7) is 6.29. The number of para-hydroxylation sites is 2. The Balaban J connectivity index is 1.67. The molecule has 1 aliphatic rings. The predicted octanol–water partition coefficient (Wildman–Crippen LogP) is 3.56. The molecular formula is C21H28N2O6S. The van der Waals surface area contributed by atoms with E-state index in [2.05, 4.69) is 10.0 Å². The molecule has 1 amide bonds. The van der Waals surface area contributed by atoms with Crippen LogP contribution in [0.3, 0.4) is 0 Å². The third-order valence-electron chi connectivity index (χ3n) is 4.34. The minimum absolute atomic E-state index is 0.0377. The summed E-state index contributed by atoms with van der Waals surface area (Å²) in [5, 5.41) is 2.40. The summed E-state index contributed by atoms with van der Waals surface area (Å²) >= 11 is 0.